The summed E-state index contributed by atoms with van der Waals surface area (Å²) in [5.74, 6) is 0.544. The Labute approximate surface area is 82.8 Å². The monoisotopic (exact) mass is 184 g/mol. The molecule has 0 aliphatic heterocycles. The molecule has 2 heteroatoms. The average Bonchev–Trinajstić information content (AvgIpc) is 2.11. The summed E-state index contributed by atoms with van der Waals surface area (Å²) in [4.78, 5) is 2.42. The molecule has 0 aromatic carbocycles. The predicted molar refractivity (Wildman–Crippen MR) is 59.7 cm³/mol. The number of nitrogens with zero attached hydrogens (tertiary/aromatic N) is 1. The van der Waals surface area contributed by atoms with Crippen molar-refractivity contribution in [2.24, 2.45) is 11.7 Å². The SMILES string of the molecule is C=CCN(C(C)C)C(C)C(C)CN. The van der Waals surface area contributed by atoms with Gasteiger partial charge in [-0.1, -0.05) is 13.0 Å². The molecule has 0 spiro atoms. The largest absolute Gasteiger partial charge is 0.330 e. The van der Waals surface area contributed by atoms with Gasteiger partial charge in [0.25, 0.3) is 0 Å². The zero-order chi connectivity index (χ0) is 10.4. The standard InChI is InChI=1S/C11H24N2/c1-6-7-13(9(2)3)11(5)10(4)8-12/h6,9-11H,1,7-8,12H2,2-5H3. The highest BCUT2D eigenvalue weighted by Gasteiger charge is 2.19. The minimum Gasteiger partial charge on any atom is -0.330 e. The second kappa shape index (κ2) is 6.17. The lowest BCUT2D eigenvalue weighted by atomic mass is 10.0. The molecule has 2 unspecified atom stereocenters. The van der Waals surface area contributed by atoms with Crippen LogP contribution in [0.15, 0.2) is 12.7 Å². The van der Waals surface area contributed by atoms with Gasteiger partial charge in [-0.2, -0.15) is 0 Å². The zero-order valence-electron chi connectivity index (χ0n) is 9.46. The fraction of sp³-hybridized carbons (Fsp3) is 0.818. The molecule has 0 rings (SSSR count). The van der Waals surface area contributed by atoms with Crippen LogP contribution in [0.25, 0.3) is 0 Å². The summed E-state index contributed by atoms with van der Waals surface area (Å²) in [6.45, 7) is 14.3. The topological polar surface area (TPSA) is 29.3 Å². The van der Waals surface area contributed by atoms with Crippen molar-refractivity contribution < 1.29 is 0 Å². The molecular formula is C11H24N2. The first kappa shape index (κ1) is 12.7. The Kier molecular flexibility index (Phi) is 6.00. The average molecular weight is 184 g/mol. The second-order valence-corrected chi connectivity index (χ2v) is 4.03. The van der Waals surface area contributed by atoms with Gasteiger partial charge in [-0.3, -0.25) is 4.90 Å². The van der Waals surface area contributed by atoms with Gasteiger partial charge in [0.2, 0.25) is 0 Å². The van der Waals surface area contributed by atoms with Gasteiger partial charge in [0.1, 0.15) is 0 Å². The Morgan fingerprint density at radius 2 is 1.85 bits per heavy atom. The van der Waals surface area contributed by atoms with E-state index in [0.717, 1.165) is 13.1 Å². The van der Waals surface area contributed by atoms with Crippen LogP contribution in [-0.2, 0) is 0 Å². The minimum absolute atomic E-state index is 0.531. The van der Waals surface area contributed by atoms with Crippen molar-refractivity contribution in [2.45, 2.75) is 39.8 Å². The lowest BCUT2D eigenvalue weighted by Crippen LogP contribution is -2.44. The fourth-order valence-electron chi connectivity index (χ4n) is 1.52. The van der Waals surface area contributed by atoms with Gasteiger partial charge in [0, 0.05) is 18.6 Å². The highest BCUT2D eigenvalue weighted by Crippen LogP contribution is 2.12. The normalized spacial score (nSPS) is 16.2. The van der Waals surface area contributed by atoms with Gasteiger partial charge in [-0.05, 0) is 33.2 Å². The molecule has 0 aromatic heterocycles. The Hall–Kier alpha value is -0.340. The first-order valence-corrected chi connectivity index (χ1v) is 5.11. The van der Waals surface area contributed by atoms with Gasteiger partial charge in [0.15, 0.2) is 0 Å². The quantitative estimate of drug-likeness (QED) is 0.639. The minimum atomic E-state index is 0.531. The van der Waals surface area contributed by atoms with Crippen molar-refractivity contribution in [2.75, 3.05) is 13.1 Å². The van der Waals surface area contributed by atoms with E-state index in [9.17, 15) is 0 Å². The third-order valence-corrected chi connectivity index (χ3v) is 2.72. The maximum Gasteiger partial charge on any atom is 0.0166 e. The van der Waals surface area contributed by atoms with E-state index >= 15 is 0 Å². The first-order valence-electron chi connectivity index (χ1n) is 5.11. The molecule has 78 valence electrons. The molecule has 0 heterocycles. The maximum absolute atomic E-state index is 5.65. The van der Waals surface area contributed by atoms with Crippen molar-refractivity contribution in [1.82, 2.24) is 4.90 Å². The second-order valence-electron chi connectivity index (χ2n) is 4.03. The lowest BCUT2D eigenvalue weighted by Gasteiger charge is -2.35. The van der Waals surface area contributed by atoms with Gasteiger partial charge in [0.05, 0.1) is 0 Å². The third-order valence-electron chi connectivity index (χ3n) is 2.72. The van der Waals surface area contributed by atoms with Gasteiger partial charge < -0.3 is 5.73 Å². The summed E-state index contributed by atoms with van der Waals surface area (Å²) >= 11 is 0. The lowest BCUT2D eigenvalue weighted by molar-refractivity contribution is 0.143. The molecule has 2 atom stereocenters. The highest BCUT2D eigenvalue weighted by molar-refractivity contribution is 4.82. The maximum atomic E-state index is 5.65. The third kappa shape index (κ3) is 3.92. The Bertz CT molecular complexity index is 143. The molecule has 0 fully saturated rings. The van der Waals surface area contributed by atoms with Crippen LogP contribution in [-0.4, -0.2) is 30.1 Å². The summed E-state index contributed by atoms with van der Waals surface area (Å²) in [6, 6.07) is 1.09. The molecule has 0 aliphatic carbocycles. The Morgan fingerprint density at radius 3 is 2.15 bits per heavy atom. The molecule has 0 radical (unpaired) electrons. The van der Waals surface area contributed by atoms with E-state index in [2.05, 4.69) is 39.2 Å². The van der Waals surface area contributed by atoms with Crippen LogP contribution < -0.4 is 5.73 Å². The van der Waals surface area contributed by atoms with E-state index in [1.807, 2.05) is 6.08 Å². The molecule has 0 saturated heterocycles. The summed E-state index contributed by atoms with van der Waals surface area (Å²) in [6.07, 6.45) is 1.96. The van der Waals surface area contributed by atoms with Crippen LogP contribution in [0.1, 0.15) is 27.7 Å². The van der Waals surface area contributed by atoms with Crippen molar-refractivity contribution in [3.8, 4) is 0 Å². The van der Waals surface area contributed by atoms with Crippen LogP contribution in [0.2, 0.25) is 0 Å². The highest BCUT2D eigenvalue weighted by atomic mass is 15.2. The molecule has 2 N–H and O–H groups in total. The number of hydrogen-bond acceptors (Lipinski definition) is 2. The van der Waals surface area contributed by atoms with Gasteiger partial charge in [-0.25, -0.2) is 0 Å². The summed E-state index contributed by atoms with van der Waals surface area (Å²) < 4.78 is 0. The van der Waals surface area contributed by atoms with Crippen molar-refractivity contribution in [3.63, 3.8) is 0 Å². The summed E-state index contributed by atoms with van der Waals surface area (Å²) in [7, 11) is 0. The molecule has 13 heavy (non-hydrogen) atoms. The van der Waals surface area contributed by atoms with E-state index in [1.165, 1.54) is 0 Å². The van der Waals surface area contributed by atoms with Gasteiger partial charge >= 0.3 is 0 Å². The van der Waals surface area contributed by atoms with E-state index in [1.54, 1.807) is 0 Å². The molecular weight excluding hydrogens is 160 g/mol. The molecule has 0 saturated carbocycles. The Balaban J connectivity index is 4.25. The first-order chi connectivity index (χ1) is 6.04. The van der Waals surface area contributed by atoms with Crippen LogP contribution in [0.5, 0.6) is 0 Å². The van der Waals surface area contributed by atoms with Crippen LogP contribution in [0.3, 0.4) is 0 Å². The number of rotatable bonds is 6. The van der Waals surface area contributed by atoms with Gasteiger partial charge in [-0.15, -0.1) is 6.58 Å². The van der Waals surface area contributed by atoms with Crippen LogP contribution >= 0.6 is 0 Å². The molecule has 0 bridgehead atoms. The summed E-state index contributed by atoms with van der Waals surface area (Å²) in [5.41, 5.74) is 5.65. The summed E-state index contributed by atoms with van der Waals surface area (Å²) in [5, 5.41) is 0. The fourth-order valence-corrected chi connectivity index (χ4v) is 1.52. The number of hydrogen-bond donors (Lipinski definition) is 1. The molecule has 0 amide bonds. The van der Waals surface area contributed by atoms with E-state index in [0.29, 0.717) is 18.0 Å². The van der Waals surface area contributed by atoms with E-state index in [-0.39, 0.29) is 0 Å². The molecule has 2 nitrogen and oxygen atoms in total. The Morgan fingerprint density at radius 1 is 1.31 bits per heavy atom. The van der Waals surface area contributed by atoms with Crippen molar-refractivity contribution in [1.29, 1.82) is 0 Å². The van der Waals surface area contributed by atoms with E-state index in [4.69, 9.17) is 5.73 Å². The smallest absolute Gasteiger partial charge is 0.0166 e. The van der Waals surface area contributed by atoms with Crippen LogP contribution in [0, 0.1) is 5.92 Å². The molecule has 0 aromatic rings. The van der Waals surface area contributed by atoms with E-state index < -0.39 is 0 Å². The van der Waals surface area contributed by atoms with Crippen molar-refractivity contribution >= 4 is 0 Å². The van der Waals surface area contributed by atoms with Crippen LogP contribution in [0.4, 0.5) is 0 Å². The number of nitrogens with two attached hydrogens (primary N) is 1. The zero-order valence-corrected chi connectivity index (χ0v) is 9.46. The predicted octanol–water partition coefficient (Wildman–Crippen LogP) is 1.87. The molecule has 0 aliphatic rings. The van der Waals surface area contributed by atoms with Crippen molar-refractivity contribution in [3.05, 3.63) is 12.7 Å².